The van der Waals surface area contributed by atoms with Crippen LogP contribution in [0.1, 0.15) is 11.4 Å². The average molecular weight is 240 g/mol. The fourth-order valence-electron chi connectivity index (χ4n) is 1.90. The van der Waals surface area contributed by atoms with Gasteiger partial charge in [-0.3, -0.25) is 0 Å². The number of nitrogens with zero attached hydrogens (tertiary/aromatic N) is 2. The molecule has 2 heterocycles. The summed E-state index contributed by atoms with van der Waals surface area (Å²) in [5.41, 5.74) is 8.07. The lowest BCUT2D eigenvalue weighted by Crippen LogP contribution is -1.90. The van der Waals surface area contributed by atoms with E-state index in [-0.39, 0.29) is 5.75 Å². The Morgan fingerprint density at radius 2 is 2.06 bits per heavy atom. The maximum absolute atomic E-state index is 9.41. The number of nitrogen functional groups attached to an aromatic ring is 1. The first kappa shape index (κ1) is 10.6. The van der Waals surface area contributed by atoms with Crippen molar-refractivity contribution in [2.24, 2.45) is 0 Å². The summed E-state index contributed by atoms with van der Waals surface area (Å²) in [5, 5.41) is 9.41. The molecule has 0 unspecified atom stereocenters. The topological polar surface area (TPSA) is 87.8 Å². The fourth-order valence-corrected chi connectivity index (χ4v) is 1.90. The molecule has 90 valence electrons. The molecular formula is C13H12N4O. The highest BCUT2D eigenvalue weighted by Crippen LogP contribution is 2.16. The first-order valence-electron chi connectivity index (χ1n) is 5.60. The van der Waals surface area contributed by atoms with Crippen molar-refractivity contribution in [1.82, 2.24) is 15.0 Å². The van der Waals surface area contributed by atoms with Crippen molar-refractivity contribution in [2.45, 2.75) is 6.42 Å². The summed E-state index contributed by atoms with van der Waals surface area (Å²) in [6.45, 7) is 0. The zero-order chi connectivity index (χ0) is 12.5. The predicted octanol–water partition coefficient (Wildman–Crippen LogP) is 1.84. The van der Waals surface area contributed by atoms with E-state index >= 15 is 0 Å². The Labute approximate surface area is 103 Å². The summed E-state index contributed by atoms with van der Waals surface area (Å²) in [7, 11) is 0. The number of pyridine rings is 1. The highest BCUT2D eigenvalue weighted by Gasteiger charge is 2.05. The second-order valence-corrected chi connectivity index (χ2v) is 4.14. The van der Waals surface area contributed by atoms with Crippen molar-refractivity contribution in [3.8, 4) is 5.75 Å². The smallest absolute Gasteiger partial charge is 0.179 e. The van der Waals surface area contributed by atoms with Gasteiger partial charge < -0.3 is 15.8 Å². The first-order chi connectivity index (χ1) is 8.70. The quantitative estimate of drug-likeness (QED) is 0.637. The van der Waals surface area contributed by atoms with Crippen LogP contribution in [0.2, 0.25) is 0 Å². The number of nitrogens with one attached hydrogen (secondary N) is 1. The van der Waals surface area contributed by atoms with Crippen molar-refractivity contribution in [3.05, 3.63) is 47.8 Å². The zero-order valence-corrected chi connectivity index (χ0v) is 9.59. The average Bonchev–Trinajstić information content (AvgIpc) is 2.70. The molecule has 1 aromatic carbocycles. The molecule has 0 aliphatic heterocycles. The molecular weight excluding hydrogens is 228 g/mol. The van der Waals surface area contributed by atoms with E-state index in [1.165, 1.54) is 0 Å². The molecule has 0 fully saturated rings. The summed E-state index contributed by atoms with van der Waals surface area (Å²) >= 11 is 0. The molecule has 0 saturated heterocycles. The third-order valence-electron chi connectivity index (χ3n) is 2.70. The van der Waals surface area contributed by atoms with Crippen LogP contribution in [0.4, 0.5) is 5.82 Å². The van der Waals surface area contributed by atoms with Crippen LogP contribution in [0.5, 0.6) is 5.75 Å². The van der Waals surface area contributed by atoms with Gasteiger partial charge in [-0.1, -0.05) is 12.1 Å². The van der Waals surface area contributed by atoms with E-state index in [1.807, 2.05) is 18.2 Å². The van der Waals surface area contributed by atoms with Gasteiger partial charge in [-0.15, -0.1) is 0 Å². The van der Waals surface area contributed by atoms with E-state index in [0.717, 1.165) is 16.9 Å². The molecule has 0 aliphatic carbocycles. The number of imidazole rings is 1. The first-order valence-corrected chi connectivity index (χ1v) is 5.60. The maximum Gasteiger partial charge on any atom is 0.179 e. The van der Waals surface area contributed by atoms with Crippen molar-refractivity contribution in [3.63, 3.8) is 0 Å². The Bertz CT molecular complexity index is 705. The van der Waals surface area contributed by atoms with Gasteiger partial charge in [-0.2, -0.15) is 0 Å². The Morgan fingerprint density at radius 1 is 1.17 bits per heavy atom. The summed E-state index contributed by atoms with van der Waals surface area (Å²) in [6.07, 6.45) is 0.616. The third-order valence-corrected chi connectivity index (χ3v) is 2.70. The van der Waals surface area contributed by atoms with Crippen LogP contribution in [0.15, 0.2) is 36.4 Å². The number of benzene rings is 1. The van der Waals surface area contributed by atoms with Crippen molar-refractivity contribution >= 4 is 17.0 Å². The minimum absolute atomic E-state index is 0.256. The number of H-pyrrole nitrogens is 1. The molecule has 3 aromatic rings. The number of phenols is 1. The van der Waals surface area contributed by atoms with E-state index in [9.17, 15) is 5.11 Å². The molecule has 5 heteroatoms. The van der Waals surface area contributed by atoms with Crippen LogP contribution >= 0.6 is 0 Å². The molecule has 0 bridgehead atoms. The number of hydrogen-bond donors (Lipinski definition) is 3. The van der Waals surface area contributed by atoms with Gasteiger partial charge in [0.05, 0.1) is 5.52 Å². The lowest BCUT2D eigenvalue weighted by Gasteiger charge is -1.98. The van der Waals surface area contributed by atoms with Crippen molar-refractivity contribution in [1.29, 1.82) is 0 Å². The van der Waals surface area contributed by atoms with Crippen LogP contribution in [-0.2, 0) is 6.42 Å². The summed E-state index contributed by atoms with van der Waals surface area (Å²) < 4.78 is 0. The highest BCUT2D eigenvalue weighted by atomic mass is 16.3. The normalized spacial score (nSPS) is 10.9. The number of aromatic nitrogens is 3. The van der Waals surface area contributed by atoms with Gasteiger partial charge in [0.1, 0.15) is 17.4 Å². The Balaban J connectivity index is 1.95. The van der Waals surface area contributed by atoms with Gasteiger partial charge >= 0.3 is 0 Å². The zero-order valence-electron chi connectivity index (χ0n) is 9.59. The third kappa shape index (κ3) is 1.98. The second-order valence-electron chi connectivity index (χ2n) is 4.14. The molecule has 0 radical (unpaired) electrons. The molecule has 5 nitrogen and oxygen atoms in total. The van der Waals surface area contributed by atoms with Crippen LogP contribution in [0.25, 0.3) is 11.2 Å². The van der Waals surface area contributed by atoms with Gasteiger partial charge in [0, 0.05) is 6.42 Å². The molecule has 0 spiro atoms. The molecule has 0 amide bonds. The molecule has 0 aliphatic rings. The summed E-state index contributed by atoms with van der Waals surface area (Å²) in [4.78, 5) is 11.7. The minimum atomic E-state index is 0.256. The molecule has 0 atom stereocenters. The largest absolute Gasteiger partial charge is 0.508 e. The van der Waals surface area contributed by atoms with Crippen LogP contribution in [0.3, 0.4) is 0 Å². The maximum atomic E-state index is 9.41. The summed E-state index contributed by atoms with van der Waals surface area (Å²) in [6, 6.07) is 10.7. The summed E-state index contributed by atoms with van der Waals surface area (Å²) in [5.74, 6) is 1.51. The van der Waals surface area contributed by atoms with E-state index < -0.39 is 0 Å². The van der Waals surface area contributed by atoms with Crippen LogP contribution < -0.4 is 5.73 Å². The molecule has 18 heavy (non-hydrogen) atoms. The Hall–Kier alpha value is -2.56. The second kappa shape index (κ2) is 4.03. The highest BCUT2D eigenvalue weighted by molar-refractivity contribution is 5.72. The Morgan fingerprint density at radius 3 is 2.89 bits per heavy atom. The lowest BCUT2D eigenvalue weighted by molar-refractivity contribution is 0.474. The van der Waals surface area contributed by atoms with E-state index in [2.05, 4.69) is 15.0 Å². The van der Waals surface area contributed by atoms with E-state index in [0.29, 0.717) is 17.9 Å². The SMILES string of the molecule is Nc1ccc2[nH]c(Cc3cccc(O)c3)nc2n1. The molecule has 2 aromatic heterocycles. The van der Waals surface area contributed by atoms with Gasteiger partial charge in [0.15, 0.2) is 5.65 Å². The van der Waals surface area contributed by atoms with Crippen molar-refractivity contribution < 1.29 is 5.11 Å². The number of phenolic OH excluding ortho intramolecular Hbond substituents is 1. The predicted molar refractivity (Wildman–Crippen MR) is 69.2 cm³/mol. The molecule has 4 N–H and O–H groups in total. The monoisotopic (exact) mass is 240 g/mol. The number of fused-ring (bicyclic) bond motifs is 1. The lowest BCUT2D eigenvalue weighted by atomic mass is 10.1. The number of anilines is 1. The van der Waals surface area contributed by atoms with E-state index in [1.54, 1.807) is 18.2 Å². The molecule has 0 saturated carbocycles. The number of rotatable bonds is 2. The van der Waals surface area contributed by atoms with Crippen LogP contribution in [0, 0.1) is 0 Å². The van der Waals surface area contributed by atoms with Gasteiger partial charge in [0.2, 0.25) is 0 Å². The van der Waals surface area contributed by atoms with E-state index in [4.69, 9.17) is 5.73 Å². The number of hydrogen-bond acceptors (Lipinski definition) is 4. The Kier molecular flexibility index (Phi) is 2.37. The van der Waals surface area contributed by atoms with Gasteiger partial charge in [-0.25, -0.2) is 9.97 Å². The number of aromatic hydroxyl groups is 1. The van der Waals surface area contributed by atoms with Crippen LogP contribution in [-0.4, -0.2) is 20.1 Å². The standard InChI is InChI=1S/C13H12N4O/c14-11-5-4-10-13(16-11)17-12(15-10)7-8-2-1-3-9(18)6-8/h1-6,18H,7H2,(H3,14,15,16,17). The van der Waals surface area contributed by atoms with Gasteiger partial charge in [-0.05, 0) is 29.8 Å². The van der Waals surface area contributed by atoms with Crippen molar-refractivity contribution in [2.75, 3.05) is 5.73 Å². The van der Waals surface area contributed by atoms with Gasteiger partial charge in [0.25, 0.3) is 0 Å². The fraction of sp³-hybridized carbons (Fsp3) is 0.0769. The molecule has 3 rings (SSSR count). The number of aromatic amines is 1. The number of nitrogens with two attached hydrogens (primary N) is 1. The minimum Gasteiger partial charge on any atom is -0.508 e.